The van der Waals surface area contributed by atoms with Crippen LogP contribution in [0.15, 0.2) is 11.6 Å². The van der Waals surface area contributed by atoms with E-state index in [1.54, 1.807) is 0 Å². The van der Waals surface area contributed by atoms with Gasteiger partial charge in [0, 0.05) is 29.6 Å². The van der Waals surface area contributed by atoms with Crippen molar-refractivity contribution in [2.75, 3.05) is 0 Å². The Morgan fingerprint density at radius 3 is 1.92 bits per heavy atom. The first kappa shape index (κ1) is 40.3. The van der Waals surface area contributed by atoms with E-state index >= 15 is 0 Å². The normalized spacial score (nSPS) is 41.6. The number of carbonyl (C=O) groups is 1. The lowest BCUT2D eigenvalue weighted by atomic mass is 9.33. The van der Waals surface area contributed by atoms with Crippen molar-refractivity contribution in [1.82, 2.24) is 0 Å². The second-order valence-corrected chi connectivity index (χ2v) is 20.9. The van der Waals surface area contributed by atoms with Crippen LogP contribution in [0.4, 0.5) is 0 Å². The van der Waals surface area contributed by atoms with Crippen molar-refractivity contribution in [2.24, 2.45) is 50.2 Å². The summed E-state index contributed by atoms with van der Waals surface area (Å²) in [6.45, 7) is 21.6. The lowest BCUT2D eigenvalue weighted by Gasteiger charge is -2.72. The minimum Gasteiger partial charge on any atom is -0.462 e. The third-order valence-electron chi connectivity index (χ3n) is 16.8. The molecule has 0 aromatic rings. The van der Waals surface area contributed by atoms with E-state index in [0.717, 1.165) is 25.7 Å². The summed E-state index contributed by atoms with van der Waals surface area (Å²) in [5.74, 6) is 0.567. The molecule has 0 aromatic carbocycles. The number of aliphatic hydroxyl groups excluding tert-OH is 2. The number of rotatable bonds is 15. The van der Waals surface area contributed by atoms with Gasteiger partial charge in [-0.2, -0.15) is 0 Å². The Morgan fingerprint density at radius 1 is 0.760 bits per heavy atom. The molecule has 5 aliphatic rings. The van der Waals surface area contributed by atoms with Gasteiger partial charge in [0.2, 0.25) is 0 Å². The van der Waals surface area contributed by atoms with Crippen molar-refractivity contribution >= 4 is 5.97 Å². The van der Waals surface area contributed by atoms with Gasteiger partial charge >= 0.3 is 5.97 Å². The maximum atomic E-state index is 13.2. The first-order valence-electron chi connectivity index (χ1n) is 21.7. The number of hydrogen-bond donors (Lipinski definition) is 2. The van der Waals surface area contributed by atoms with Crippen LogP contribution >= 0.6 is 0 Å². The number of aliphatic hydroxyl groups is 2. The van der Waals surface area contributed by atoms with Crippen molar-refractivity contribution in [3.05, 3.63) is 11.6 Å². The summed E-state index contributed by atoms with van der Waals surface area (Å²) >= 11 is 0. The van der Waals surface area contributed by atoms with Gasteiger partial charge in [0.1, 0.15) is 6.10 Å². The molecule has 4 saturated carbocycles. The molecule has 0 radical (unpaired) electrons. The first-order valence-corrected chi connectivity index (χ1v) is 21.7. The minimum absolute atomic E-state index is 0.0174. The highest BCUT2D eigenvalue weighted by molar-refractivity contribution is 5.69. The number of hydrogen-bond acceptors (Lipinski definition) is 4. The van der Waals surface area contributed by atoms with E-state index in [9.17, 15) is 15.0 Å². The number of ether oxygens (including phenoxy) is 1. The second kappa shape index (κ2) is 15.5. The molecule has 5 rings (SSSR count). The highest BCUT2D eigenvalue weighted by Crippen LogP contribution is 2.75. The molecule has 0 spiro atoms. The molecule has 4 nitrogen and oxygen atoms in total. The van der Waals surface area contributed by atoms with Crippen LogP contribution in [0.25, 0.3) is 0 Å². The van der Waals surface area contributed by atoms with Gasteiger partial charge in [-0.1, -0.05) is 151 Å². The van der Waals surface area contributed by atoms with Crippen LogP contribution in [0, 0.1) is 50.2 Å². The number of esters is 1. The maximum Gasteiger partial charge on any atom is 0.306 e. The Kier molecular flexibility index (Phi) is 12.5. The average Bonchev–Trinajstić information content (AvgIpc) is 3.04. The van der Waals surface area contributed by atoms with Crippen LogP contribution in [-0.4, -0.2) is 34.5 Å². The zero-order valence-electron chi connectivity index (χ0n) is 34.3. The van der Waals surface area contributed by atoms with E-state index in [0.29, 0.717) is 29.6 Å². The summed E-state index contributed by atoms with van der Waals surface area (Å²) in [6.07, 6.45) is 26.8. The minimum atomic E-state index is -0.616. The lowest BCUT2D eigenvalue weighted by Crippen LogP contribution is -2.70. The van der Waals surface area contributed by atoms with Crippen molar-refractivity contribution in [1.29, 1.82) is 0 Å². The van der Waals surface area contributed by atoms with Crippen molar-refractivity contribution in [2.45, 2.75) is 222 Å². The van der Waals surface area contributed by atoms with Crippen molar-refractivity contribution in [3.63, 3.8) is 0 Å². The number of fused-ring (bicyclic) bond motifs is 7. The Balaban J connectivity index is 1.18. The molecule has 2 N–H and O–H groups in total. The molecule has 0 aliphatic heterocycles. The monoisotopic (exact) mass is 697 g/mol. The molecular weight excluding hydrogens is 617 g/mol. The Labute approximate surface area is 308 Å². The number of allylic oxidation sites excluding steroid dienone is 1. The van der Waals surface area contributed by atoms with E-state index in [1.807, 2.05) is 0 Å². The molecule has 0 heterocycles. The predicted octanol–water partition coefficient (Wildman–Crippen LogP) is 12.1. The smallest absolute Gasteiger partial charge is 0.306 e. The van der Waals surface area contributed by atoms with Gasteiger partial charge in [0.15, 0.2) is 0 Å². The zero-order chi connectivity index (χ0) is 36.6. The van der Waals surface area contributed by atoms with Gasteiger partial charge < -0.3 is 14.9 Å². The van der Waals surface area contributed by atoms with Crippen molar-refractivity contribution < 1.29 is 19.7 Å². The highest BCUT2D eigenvalue weighted by Gasteiger charge is 2.72. The van der Waals surface area contributed by atoms with Crippen LogP contribution < -0.4 is 0 Å². The molecular formula is C46H80O4. The molecule has 0 amide bonds. The van der Waals surface area contributed by atoms with E-state index in [2.05, 4.69) is 68.4 Å². The molecule has 10 atom stereocenters. The summed E-state index contributed by atoms with van der Waals surface area (Å²) in [5.41, 5.74) is 1.38. The molecule has 4 fully saturated rings. The molecule has 0 saturated heterocycles. The third-order valence-corrected chi connectivity index (χ3v) is 16.8. The topological polar surface area (TPSA) is 66.8 Å². The zero-order valence-corrected chi connectivity index (χ0v) is 34.3. The fourth-order valence-electron chi connectivity index (χ4n) is 13.2. The second-order valence-electron chi connectivity index (χ2n) is 20.9. The Bertz CT molecular complexity index is 1190. The molecule has 4 heteroatoms. The van der Waals surface area contributed by atoms with Gasteiger partial charge in [-0.05, 0) is 84.9 Å². The number of unbranched alkanes of at least 4 members (excludes halogenated alkanes) is 12. The average molecular weight is 697 g/mol. The summed E-state index contributed by atoms with van der Waals surface area (Å²) < 4.78 is 6.29. The SMILES string of the molecule is CCCCCCCCCCCCCCCC(=O)OC1CC(O)C2(C)C(CCC3(C)C2C(O)C=C2C4CC(C)(C)CCC4(C)CCC23C)C1(C)C. The van der Waals surface area contributed by atoms with E-state index in [4.69, 9.17) is 4.74 Å². The van der Waals surface area contributed by atoms with Crippen LogP contribution in [-0.2, 0) is 9.53 Å². The van der Waals surface area contributed by atoms with Crippen LogP contribution in [0.1, 0.15) is 204 Å². The van der Waals surface area contributed by atoms with Gasteiger partial charge in [0.05, 0.1) is 12.2 Å². The molecule has 0 bridgehead atoms. The summed E-state index contributed by atoms with van der Waals surface area (Å²) in [6, 6.07) is 0. The van der Waals surface area contributed by atoms with Crippen LogP contribution in [0.3, 0.4) is 0 Å². The standard InChI is InChI=1S/C46H80O4/c1-10-11-12-13-14-15-16-17-18-19-20-21-22-23-39(49)50-38-31-37(48)46(9)36(42(38,4)5)24-25-45(8)40(46)35(47)30-33-34-32-41(2,3)26-27-43(34,6)28-29-44(33,45)7/h30,34-38,40,47-48H,10-29,31-32H2,1-9H3. The third kappa shape index (κ3) is 7.44. The van der Waals surface area contributed by atoms with E-state index < -0.39 is 17.6 Å². The van der Waals surface area contributed by atoms with Gasteiger partial charge in [-0.15, -0.1) is 0 Å². The summed E-state index contributed by atoms with van der Waals surface area (Å²) in [4.78, 5) is 13.2. The Hall–Kier alpha value is -0.870. The molecule has 10 unspecified atom stereocenters. The summed E-state index contributed by atoms with van der Waals surface area (Å²) in [5, 5.41) is 24.5. The van der Waals surface area contributed by atoms with Gasteiger partial charge in [-0.25, -0.2) is 0 Å². The lowest BCUT2D eigenvalue weighted by molar-refractivity contribution is -0.263. The van der Waals surface area contributed by atoms with E-state index in [1.165, 1.54) is 108 Å². The predicted molar refractivity (Wildman–Crippen MR) is 208 cm³/mol. The first-order chi connectivity index (χ1) is 23.5. The fourth-order valence-corrected chi connectivity index (χ4v) is 13.2. The summed E-state index contributed by atoms with van der Waals surface area (Å²) in [7, 11) is 0. The van der Waals surface area contributed by atoms with Gasteiger partial charge in [-0.3, -0.25) is 4.79 Å². The van der Waals surface area contributed by atoms with E-state index in [-0.39, 0.29) is 40.2 Å². The van der Waals surface area contributed by atoms with Gasteiger partial charge in [0.25, 0.3) is 0 Å². The molecule has 5 aliphatic carbocycles. The number of carbonyl (C=O) groups excluding carboxylic acids is 1. The molecule has 288 valence electrons. The molecule has 0 aromatic heterocycles. The fraction of sp³-hybridized carbons (Fsp3) is 0.935. The molecule has 50 heavy (non-hydrogen) atoms. The Morgan fingerprint density at radius 2 is 1.32 bits per heavy atom. The van der Waals surface area contributed by atoms with Crippen LogP contribution in [0.2, 0.25) is 0 Å². The maximum absolute atomic E-state index is 13.2. The quantitative estimate of drug-likeness (QED) is 0.102. The van der Waals surface area contributed by atoms with Crippen LogP contribution in [0.5, 0.6) is 0 Å². The van der Waals surface area contributed by atoms with Crippen molar-refractivity contribution in [3.8, 4) is 0 Å². The highest BCUT2D eigenvalue weighted by atomic mass is 16.5. The largest absolute Gasteiger partial charge is 0.462 e.